The molecule has 5 heteroatoms. The minimum Gasteiger partial charge on any atom is -0.486 e. The average molecular weight is 376 g/mol. The first-order valence-corrected chi connectivity index (χ1v) is 9.15. The maximum atomic E-state index is 12.7. The quantitative estimate of drug-likeness (QED) is 0.629. The van der Waals surface area contributed by atoms with Gasteiger partial charge in [0.25, 0.3) is 0 Å². The van der Waals surface area contributed by atoms with Gasteiger partial charge in [0.05, 0.1) is 0 Å². The summed E-state index contributed by atoms with van der Waals surface area (Å²) in [7, 11) is 0. The molecule has 0 radical (unpaired) electrons. The molecule has 0 bridgehead atoms. The lowest BCUT2D eigenvalue weighted by Gasteiger charge is -2.17. The minimum absolute atomic E-state index is 0.0633. The number of ether oxygens (including phenoxy) is 4. The Kier molecular flexibility index (Phi) is 5.43. The Morgan fingerprint density at radius 2 is 1.04 bits per heavy atom. The molecule has 0 spiro atoms. The van der Waals surface area contributed by atoms with Crippen LogP contribution in [0.4, 0.5) is 0 Å². The third-order valence-electron chi connectivity index (χ3n) is 4.29. The molecule has 142 valence electrons. The third-order valence-corrected chi connectivity index (χ3v) is 4.29. The number of fused-ring (bicyclic) bond motifs is 2. The second-order valence-electron chi connectivity index (χ2n) is 6.20. The zero-order valence-corrected chi connectivity index (χ0v) is 15.3. The summed E-state index contributed by atoms with van der Waals surface area (Å²) >= 11 is 0. The van der Waals surface area contributed by atoms with E-state index in [-0.39, 0.29) is 5.78 Å². The van der Waals surface area contributed by atoms with E-state index in [9.17, 15) is 4.79 Å². The summed E-state index contributed by atoms with van der Waals surface area (Å²) in [5.74, 6) is 2.36. The fourth-order valence-corrected chi connectivity index (χ4v) is 2.93. The van der Waals surface area contributed by atoms with Gasteiger partial charge in [-0.3, -0.25) is 4.79 Å². The Hall–Kier alpha value is -3.47. The van der Waals surface area contributed by atoms with Crippen molar-refractivity contribution < 1.29 is 23.7 Å². The fourth-order valence-electron chi connectivity index (χ4n) is 2.93. The summed E-state index contributed by atoms with van der Waals surface area (Å²) < 4.78 is 23.2. The molecule has 0 N–H and O–H groups in total. The maximum absolute atomic E-state index is 12.7. The lowest BCUT2D eigenvalue weighted by Crippen LogP contribution is -2.15. The van der Waals surface area contributed by atoms with Gasteiger partial charge in [0, 0.05) is 11.1 Å². The number of ketones is 1. The Labute approximate surface area is 163 Å². The normalized spacial score (nSPS) is 13.7. The standard InChI is InChI=1S/C23H20O5/c24-23(17-6-2-1-3-7-17)18-10-11-21-22(16-18)28-15-14-26-20-9-5-4-8-19(20)25-12-13-27-21/h1-11,16H,12-15H2. The average Bonchev–Trinajstić information content (AvgIpc) is 2.74. The Morgan fingerprint density at radius 3 is 1.64 bits per heavy atom. The van der Waals surface area contributed by atoms with E-state index < -0.39 is 0 Å². The largest absolute Gasteiger partial charge is 0.486 e. The van der Waals surface area contributed by atoms with Gasteiger partial charge in [-0.05, 0) is 30.3 Å². The number of hydrogen-bond acceptors (Lipinski definition) is 5. The van der Waals surface area contributed by atoms with Crippen molar-refractivity contribution in [2.45, 2.75) is 0 Å². The molecule has 0 unspecified atom stereocenters. The topological polar surface area (TPSA) is 54.0 Å². The molecule has 1 heterocycles. The van der Waals surface area contributed by atoms with Gasteiger partial charge >= 0.3 is 0 Å². The summed E-state index contributed by atoms with van der Waals surface area (Å²) in [6.45, 7) is 1.37. The van der Waals surface area contributed by atoms with E-state index in [0.717, 1.165) is 0 Å². The number of para-hydroxylation sites is 2. The van der Waals surface area contributed by atoms with E-state index >= 15 is 0 Å². The molecular weight excluding hydrogens is 356 g/mol. The van der Waals surface area contributed by atoms with Crippen LogP contribution < -0.4 is 18.9 Å². The lowest BCUT2D eigenvalue weighted by atomic mass is 10.0. The molecule has 0 saturated carbocycles. The smallest absolute Gasteiger partial charge is 0.193 e. The number of carbonyl (C=O) groups excluding carboxylic acids is 1. The van der Waals surface area contributed by atoms with Crippen LogP contribution in [0.3, 0.4) is 0 Å². The minimum atomic E-state index is -0.0633. The van der Waals surface area contributed by atoms with Crippen molar-refractivity contribution in [3.05, 3.63) is 83.9 Å². The fraction of sp³-hybridized carbons (Fsp3) is 0.174. The van der Waals surface area contributed by atoms with Crippen LogP contribution >= 0.6 is 0 Å². The van der Waals surface area contributed by atoms with Crippen LogP contribution in [0.5, 0.6) is 23.0 Å². The van der Waals surface area contributed by atoms with Crippen molar-refractivity contribution in [2.24, 2.45) is 0 Å². The Morgan fingerprint density at radius 1 is 0.536 bits per heavy atom. The van der Waals surface area contributed by atoms with Crippen LogP contribution in [0.1, 0.15) is 15.9 Å². The molecule has 1 aliphatic rings. The highest BCUT2D eigenvalue weighted by Crippen LogP contribution is 2.31. The summed E-state index contributed by atoms with van der Waals surface area (Å²) in [4.78, 5) is 12.7. The Balaban J connectivity index is 1.54. The van der Waals surface area contributed by atoms with Gasteiger partial charge in [-0.1, -0.05) is 42.5 Å². The van der Waals surface area contributed by atoms with Crippen LogP contribution in [0.15, 0.2) is 72.8 Å². The molecule has 0 saturated heterocycles. The van der Waals surface area contributed by atoms with E-state index in [0.29, 0.717) is 60.6 Å². The van der Waals surface area contributed by atoms with Gasteiger partial charge in [0.2, 0.25) is 0 Å². The van der Waals surface area contributed by atoms with Gasteiger partial charge in [-0.25, -0.2) is 0 Å². The van der Waals surface area contributed by atoms with E-state index in [1.807, 2.05) is 42.5 Å². The second kappa shape index (κ2) is 8.48. The van der Waals surface area contributed by atoms with E-state index in [1.54, 1.807) is 30.3 Å². The molecule has 4 rings (SSSR count). The molecular formula is C23H20O5. The second-order valence-corrected chi connectivity index (χ2v) is 6.20. The van der Waals surface area contributed by atoms with E-state index in [2.05, 4.69) is 0 Å². The van der Waals surface area contributed by atoms with Gasteiger partial charge in [-0.15, -0.1) is 0 Å². The third kappa shape index (κ3) is 4.09. The van der Waals surface area contributed by atoms with Gasteiger partial charge in [0.15, 0.2) is 28.8 Å². The number of hydrogen-bond donors (Lipinski definition) is 0. The van der Waals surface area contributed by atoms with Gasteiger partial charge < -0.3 is 18.9 Å². The van der Waals surface area contributed by atoms with Crippen molar-refractivity contribution in [3.63, 3.8) is 0 Å². The molecule has 0 amide bonds. The monoisotopic (exact) mass is 376 g/mol. The SMILES string of the molecule is O=C(c1ccccc1)c1ccc2c(c1)OCCOc1ccccc1OCCO2. The first-order valence-electron chi connectivity index (χ1n) is 9.15. The highest BCUT2D eigenvalue weighted by Gasteiger charge is 2.14. The summed E-state index contributed by atoms with van der Waals surface area (Å²) in [5.41, 5.74) is 1.17. The molecule has 0 atom stereocenters. The van der Waals surface area contributed by atoms with E-state index in [1.165, 1.54) is 0 Å². The first kappa shape index (κ1) is 17.9. The summed E-state index contributed by atoms with van der Waals surface area (Å²) in [5, 5.41) is 0. The first-order chi connectivity index (χ1) is 13.8. The zero-order chi connectivity index (χ0) is 19.2. The van der Waals surface area contributed by atoms with Crippen LogP contribution in [-0.2, 0) is 0 Å². The molecule has 5 nitrogen and oxygen atoms in total. The van der Waals surface area contributed by atoms with Crippen molar-refractivity contribution in [1.29, 1.82) is 0 Å². The number of carbonyl (C=O) groups is 1. The summed E-state index contributed by atoms with van der Waals surface area (Å²) in [6, 6.07) is 21.9. The molecule has 0 fully saturated rings. The highest BCUT2D eigenvalue weighted by molar-refractivity contribution is 6.09. The van der Waals surface area contributed by atoms with Gasteiger partial charge in [0.1, 0.15) is 26.4 Å². The predicted molar refractivity (Wildman–Crippen MR) is 105 cm³/mol. The van der Waals surface area contributed by atoms with Crippen LogP contribution in [0.2, 0.25) is 0 Å². The van der Waals surface area contributed by atoms with Gasteiger partial charge in [-0.2, -0.15) is 0 Å². The predicted octanol–water partition coefficient (Wildman–Crippen LogP) is 4.15. The number of rotatable bonds is 2. The molecule has 28 heavy (non-hydrogen) atoms. The van der Waals surface area contributed by atoms with Crippen molar-refractivity contribution in [1.82, 2.24) is 0 Å². The Bertz CT molecular complexity index is 952. The van der Waals surface area contributed by atoms with E-state index in [4.69, 9.17) is 18.9 Å². The molecule has 1 aliphatic heterocycles. The number of benzene rings is 3. The van der Waals surface area contributed by atoms with Crippen molar-refractivity contribution in [2.75, 3.05) is 26.4 Å². The van der Waals surface area contributed by atoms with Crippen LogP contribution in [-0.4, -0.2) is 32.2 Å². The van der Waals surface area contributed by atoms with Crippen molar-refractivity contribution >= 4 is 5.78 Å². The molecule has 3 aromatic rings. The van der Waals surface area contributed by atoms with Crippen LogP contribution in [0, 0.1) is 0 Å². The molecule has 0 aliphatic carbocycles. The van der Waals surface area contributed by atoms with Crippen molar-refractivity contribution in [3.8, 4) is 23.0 Å². The highest BCUT2D eigenvalue weighted by atomic mass is 16.6. The maximum Gasteiger partial charge on any atom is 0.193 e. The molecule has 3 aromatic carbocycles. The summed E-state index contributed by atoms with van der Waals surface area (Å²) in [6.07, 6.45) is 0. The zero-order valence-electron chi connectivity index (χ0n) is 15.3. The lowest BCUT2D eigenvalue weighted by molar-refractivity contribution is 0.103. The molecule has 0 aromatic heterocycles. The van der Waals surface area contributed by atoms with Crippen LogP contribution in [0.25, 0.3) is 0 Å².